The molecule has 2 aromatic rings. The van der Waals surface area contributed by atoms with Gasteiger partial charge in [0.05, 0.1) is 11.7 Å². The van der Waals surface area contributed by atoms with Crippen LogP contribution in [0.25, 0.3) is 0 Å². The molecule has 106 valence electrons. The third-order valence-electron chi connectivity index (χ3n) is 3.69. The maximum absolute atomic E-state index is 14.1. The summed E-state index contributed by atoms with van der Waals surface area (Å²) in [6.45, 7) is 0. The summed E-state index contributed by atoms with van der Waals surface area (Å²) in [6.07, 6.45) is 4.54. The molecule has 1 atom stereocenters. The van der Waals surface area contributed by atoms with Gasteiger partial charge in [-0.1, -0.05) is 17.7 Å². The molecule has 0 spiro atoms. The first-order valence-electron chi connectivity index (χ1n) is 6.80. The van der Waals surface area contributed by atoms with Crippen LogP contribution >= 0.6 is 22.9 Å². The van der Waals surface area contributed by atoms with Crippen molar-refractivity contribution in [2.24, 2.45) is 0 Å². The summed E-state index contributed by atoms with van der Waals surface area (Å²) in [5, 5.41) is 4.50. The van der Waals surface area contributed by atoms with Crippen LogP contribution in [0, 0.1) is 5.82 Å². The number of hydrogen-bond acceptors (Lipinski definition) is 3. The molecule has 1 N–H and O–H groups in total. The first-order chi connectivity index (χ1) is 9.70. The largest absolute Gasteiger partial charge is 0.307 e. The first kappa shape index (κ1) is 14.0. The Hall–Kier alpha value is -0.970. The lowest BCUT2D eigenvalue weighted by Gasteiger charge is -2.16. The molecule has 1 aromatic carbocycles. The van der Waals surface area contributed by atoms with E-state index in [1.807, 2.05) is 7.05 Å². The second-order valence-corrected chi connectivity index (χ2v) is 6.51. The van der Waals surface area contributed by atoms with E-state index < -0.39 is 0 Å². The number of fused-ring (bicyclic) bond motifs is 1. The number of rotatable bonds is 3. The highest BCUT2D eigenvalue weighted by Crippen LogP contribution is 2.35. The number of benzene rings is 1. The minimum atomic E-state index is -0.287. The highest BCUT2D eigenvalue weighted by atomic mass is 35.5. The number of nitrogens with zero attached hydrogens (tertiary/aromatic N) is 1. The summed E-state index contributed by atoms with van der Waals surface area (Å²) in [5.41, 5.74) is 1.67. The summed E-state index contributed by atoms with van der Waals surface area (Å²) in [5.74, 6) is -0.287. The molecule has 1 heterocycles. The van der Waals surface area contributed by atoms with E-state index in [1.54, 1.807) is 23.5 Å². The van der Waals surface area contributed by atoms with Gasteiger partial charge in [-0.05, 0) is 44.9 Å². The van der Waals surface area contributed by atoms with E-state index in [1.165, 1.54) is 29.5 Å². The monoisotopic (exact) mass is 310 g/mol. The molecular formula is C15H16ClFN2S. The summed E-state index contributed by atoms with van der Waals surface area (Å²) in [4.78, 5) is 6.06. The quantitative estimate of drug-likeness (QED) is 0.922. The van der Waals surface area contributed by atoms with Crippen LogP contribution in [0.5, 0.6) is 0 Å². The molecule has 0 fully saturated rings. The van der Waals surface area contributed by atoms with Gasteiger partial charge in [0.1, 0.15) is 10.8 Å². The van der Waals surface area contributed by atoms with E-state index in [0.717, 1.165) is 17.8 Å². The molecule has 1 aliphatic rings. The SMILES string of the molecule is CNC(c1nc2c(s1)CCCC2)c1c(F)cccc1Cl. The van der Waals surface area contributed by atoms with Gasteiger partial charge >= 0.3 is 0 Å². The molecule has 20 heavy (non-hydrogen) atoms. The lowest BCUT2D eigenvalue weighted by molar-refractivity contribution is 0.574. The Morgan fingerprint density at radius 3 is 2.85 bits per heavy atom. The number of nitrogens with one attached hydrogen (secondary N) is 1. The van der Waals surface area contributed by atoms with Gasteiger partial charge < -0.3 is 5.32 Å². The summed E-state index contributed by atoms with van der Waals surface area (Å²) in [6, 6.07) is 4.51. The van der Waals surface area contributed by atoms with Gasteiger partial charge in [-0.15, -0.1) is 11.3 Å². The van der Waals surface area contributed by atoms with Crippen LogP contribution in [0.15, 0.2) is 18.2 Å². The number of thiazole rings is 1. The lowest BCUT2D eigenvalue weighted by atomic mass is 10.0. The minimum absolute atomic E-state index is 0.278. The second kappa shape index (κ2) is 5.80. The third kappa shape index (κ3) is 2.48. The molecule has 0 radical (unpaired) electrons. The van der Waals surface area contributed by atoms with Gasteiger partial charge in [0, 0.05) is 15.5 Å². The van der Waals surface area contributed by atoms with Crippen molar-refractivity contribution in [3.63, 3.8) is 0 Å². The van der Waals surface area contributed by atoms with Gasteiger partial charge in [0.25, 0.3) is 0 Å². The molecule has 2 nitrogen and oxygen atoms in total. The Labute approximate surface area is 127 Å². The Morgan fingerprint density at radius 2 is 2.15 bits per heavy atom. The number of halogens is 2. The van der Waals surface area contributed by atoms with E-state index in [9.17, 15) is 4.39 Å². The fourth-order valence-corrected chi connectivity index (χ4v) is 4.22. The summed E-state index contributed by atoms with van der Waals surface area (Å²) >= 11 is 7.86. The lowest BCUT2D eigenvalue weighted by Crippen LogP contribution is -2.19. The van der Waals surface area contributed by atoms with Crippen LogP contribution < -0.4 is 5.32 Å². The van der Waals surface area contributed by atoms with Crippen LogP contribution in [0.2, 0.25) is 5.02 Å². The number of hydrogen-bond donors (Lipinski definition) is 1. The first-order valence-corrected chi connectivity index (χ1v) is 8.00. The van der Waals surface area contributed by atoms with Crippen molar-refractivity contribution >= 4 is 22.9 Å². The van der Waals surface area contributed by atoms with Crippen molar-refractivity contribution in [3.05, 3.63) is 50.2 Å². The number of aromatic nitrogens is 1. The highest BCUT2D eigenvalue weighted by Gasteiger charge is 2.25. The molecule has 0 aliphatic heterocycles. The molecular weight excluding hydrogens is 295 g/mol. The summed E-state index contributed by atoms with van der Waals surface area (Å²) in [7, 11) is 1.81. The van der Waals surface area contributed by atoms with Gasteiger partial charge in [0.15, 0.2) is 0 Å². The molecule has 0 saturated heterocycles. The maximum atomic E-state index is 14.1. The maximum Gasteiger partial charge on any atom is 0.129 e. The molecule has 0 amide bonds. The van der Waals surface area contributed by atoms with E-state index in [-0.39, 0.29) is 11.9 Å². The average Bonchev–Trinajstić information content (AvgIpc) is 2.86. The topological polar surface area (TPSA) is 24.9 Å². The van der Waals surface area contributed by atoms with E-state index in [2.05, 4.69) is 5.32 Å². The third-order valence-corrected chi connectivity index (χ3v) is 5.24. The minimum Gasteiger partial charge on any atom is -0.307 e. The smallest absolute Gasteiger partial charge is 0.129 e. The molecule has 3 rings (SSSR count). The van der Waals surface area contributed by atoms with Gasteiger partial charge in [-0.3, -0.25) is 0 Å². The van der Waals surface area contributed by atoms with Crippen molar-refractivity contribution in [3.8, 4) is 0 Å². The zero-order valence-corrected chi connectivity index (χ0v) is 12.8. The van der Waals surface area contributed by atoms with Crippen LogP contribution in [0.3, 0.4) is 0 Å². The predicted molar refractivity (Wildman–Crippen MR) is 81.1 cm³/mol. The standard InChI is InChI=1S/C15H16ClFN2S/c1-18-14(13-9(16)5-4-6-10(13)17)15-19-11-7-2-3-8-12(11)20-15/h4-6,14,18H,2-3,7-8H2,1H3. The van der Waals surface area contributed by atoms with Crippen molar-refractivity contribution < 1.29 is 4.39 Å². The highest BCUT2D eigenvalue weighted by molar-refractivity contribution is 7.11. The van der Waals surface area contributed by atoms with Gasteiger partial charge in [-0.25, -0.2) is 9.37 Å². The second-order valence-electron chi connectivity index (χ2n) is 4.99. The van der Waals surface area contributed by atoms with Crippen LogP contribution in [-0.2, 0) is 12.8 Å². The summed E-state index contributed by atoms with van der Waals surface area (Å²) < 4.78 is 14.1. The Balaban J connectivity index is 2.03. The van der Waals surface area contributed by atoms with Crippen molar-refractivity contribution in [1.82, 2.24) is 10.3 Å². The average molecular weight is 311 g/mol. The Morgan fingerprint density at radius 1 is 1.35 bits per heavy atom. The van der Waals surface area contributed by atoms with Crippen LogP contribution in [0.4, 0.5) is 4.39 Å². The van der Waals surface area contributed by atoms with Crippen LogP contribution in [-0.4, -0.2) is 12.0 Å². The zero-order valence-electron chi connectivity index (χ0n) is 11.2. The van der Waals surface area contributed by atoms with Gasteiger partial charge in [-0.2, -0.15) is 0 Å². The van der Waals surface area contributed by atoms with E-state index in [0.29, 0.717) is 10.6 Å². The van der Waals surface area contributed by atoms with E-state index >= 15 is 0 Å². The fourth-order valence-electron chi connectivity index (χ4n) is 2.67. The molecule has 0 saturated carbocycles. The van der Waals surface area contributed by atoms with Gasteiger partial charge in [0.2, 0.25) is 0 Å². The fraction of sp³-hybridized carbons (Fsp3) is 0.400. The Kier molecular flexibility index (Phi) is 4.06. The molecule has 1 unspecified atom stereocenters. The zero-order chi connectivity index (χ0) is 14.1. The number of aryl methyl sites for hydroxylation is 2. The molecule has 1 aromatic heterocycles. The Bertz CT molecular complexity index is 583. The molecule has 5 heteroatoms. The normalized spacial score (nSPS) is 15.9. The van der Waals surface area contributed by atoms with Crippen molar-refractivity contribution in [2.45, 2.75) is 31.7 Å². The molecule has 0 bridgehead atoms. The molecule has 1 aliphatic carbocycles. The van der Waals surface area contributed by atoms with Crippen molar-refractivity contribution in [1.29, 1.82) is 0 Å². The predicted octanol–water partition coefficient (Wildman–Crippen LogP) is 4.12. The van der Waals surface area contributed by atoms with Crippen molar-refractivity contribution in [2.75, 3.05) is 7.05 Å². The van der Waals surface area contributed by atoms with E-state index in [4.69, 9.17) is 16.6 Å². The van der Waals surface area contributed by atoms with Crippen LogP contribution in [0.1, 0.15) is 40.0 Å².